The van der Waals surface area contributed by atoms with Gasteiger partial charge in [0.1, 0.15) is 0 Å². The molecule has 0 bridgehead atoms. The summed E-state index contributed by atoms with van der Waals surface area (Å²) in [7, 11) is -2.07. The highest BCUT2D eigenvalue weighted by atomic mass is 32.2. The molecular formula is C15H19NO4S. The molecule has 1 heterocycles. The number of rotatable bonds is 6. The number of furan rings is 1. The van der Waals surface area contributed by atoms with Gasteiger partial charge in [-0.15, -0.1) is 0 Å². The van der Waals surface area contributed by atoms with E-state index < -0.39 is 10.0 Å². The summed E-state index contributed by atoms with van der Waals surface area (Å²) in [4.78, 5) is 0.190. The first-order valence-corrected chi connectivity index (χ1v) is 8.13. The van der Waals surface area contributed by atoms with Crippen LogP contribution >= 0.6 is 0 Å². The second-order valence-electron chi connectivity index (χ2n) is 4.83. The van der Waals surface area contributed by atoms with Crippen molar-refractivity contribution in [1.29, 1.82) is 0 Å². The maximum absolute atomic E-state index is 12.5. The lowest BCUT2D eigenvalue weighted by molar-refractivity contribution is 0.280. The molecule has 21 heavy (non-hydrogen) atoms. The number of aliphatic hydroxyl groups excluding tert-OH is 1. The van der Waals surface area contributed by atoms with Crippen LogP contribution in [0.15, 0.2) is 46.1 Å². The lowest BCUT2D eigenvalue weighted by Gasteiger charge is -2.17. The van der Waals surface area contributed by atoms with Gasteiger partial charge in [-0.2, -0.15) is 4.31 Å². The Morgan fingerprint density at radius 1 is 1.24 bits per heavy atom. The van der Waals surface area contributed by atoms with E-state index in [9.17, 15) is 13.5 Å². The number of benzene rings is 1. The maximum Gasteiger partial charge on any atom is 0.243 e. The largest absolute Gasteiger partial charge is 0.472 e. The molecule has 0 aliphatic rings. The van der Waals surface area contributed by atoms with Crippen LogP contribution in [0, 0.1) is 0 Å². The monoisotopic (exact) mass is 309 g/mol. The predicted molar refractivity (Wildman–Crippen MR) is 79.1 cm³/mol. The first-order chi connectivity index (χ1) is 9.98. The van der Waals surface area contributed by atoms with E-state index in [0.29, 0.717) is 5.56 Å². The molecule has 0 amide bonds. The zero-order chi connectivity index (χ0) is 15.5. The molecule has 0 aliphatic carbocycles. The van der Waals surface area contributed by atoms with Crippen LogP contribution in [0.5, 0.6) is 0 Å². The van der Waals surface area contributed by atoms with Gasteiger partial charge in [0.25, 0.3) is 0 Å². The van der Waals surface area contributed by atoms with E-state index in [1.807, 2.05) is 6.92 Å². The van der Waals surface area contributed by atoms with Gasteiger partial charge in [-0.25, -0.2) is 8.42 Å². The minimum Gasteiger partial charge on any atom is -0.472 e. The van der Waals surface area contributed by atoms with Gasteiger partial charge in [-0.1, -0.05) is 13.0 Å². The number of sulfonamides is 1. The van der Waals surface area contributed by atoms with Crippen LogP contribution < -0.4 is 0 Å². The second-order valence-corrected chi connectivity index (χ2v) is 6.88. The van der Waals surface area contributed by atoms with Crippen LogP contribution in [0.2, 0.25) is 0 Å². The molecule has 1 N–H and O–H groups in total. The number of aliphatic hydroxyl groups is 1. The third-order valence-corrected chi connectivity index (χ3v) is 5.22. The molecule has 0 saturated heterocycles. The van der Waals surface area contributed by atoms with Gasteiger partial charge in [-0.3, -0.25) is 0 Å². The highest BCUT2D eigenvalue weighted by Crippen LogP contribution is 2.21. The number of hydrogen-bond acceptors (Lipinski definition) is 4. The van der Waals surface area contributed by atoms with E-state index in [2.05, 4.69) is 0 Å². The lowest BCUT2D eigenvalue weighted by atomic mass is 10.1. The van der Waals surface area contributed by atoms with Crippen molar-refractivity contribution in [3.05, 3.63) is 53.5 Å². The Labute approximate surface area is 124 Å². The summed E-state index contributed by atoms with van der Waals surface area (Å²) in [5.74, 6) is 0. The Morgan fingerprint density at radius 3 is 2.57 bits per heavy atom. The molecule has 114 valence electrons. The summed E-state index contributed by atoms with van der Waals surface area (Å²) in [5, 5.41) is 9.36. The van der Waals surface area contributed by atoms with Crippen LogP contribution in [0.1, 0.15) is 23.6 Å². The van der Waals surface area contributed by atoms with E-state index in [1.165, 1.54) is 23.9 Å². The van der Waals surface area contributed by atoms with Crippen molar-refractivity contribution in [3.8, 4) is 0 Å². The van der Waals surface area contributed by atoms with Gasteiger partial charge in [-0.05, 0) is 35.7 Å². The van der Waals surface area contributed by atoms with E-state index in [1.54, 1.807) is 24.3 Å². The summed E-state index contributed by atoms with van der Waals surface area (Å²) in [6.45, 7) is 2.04. The Kier molecular flexibility index (Phi) is 4.82. The number of nitrogens with zero attached hydrogens (tertiary/aromatic N) is 1. The van der Waals surface area contributed by atoms with Gasteiger partial charge in [0, 0.05) is 19.2 Å². The van der Waals surface area contributed by atoms with Gasteiger partial charge in [0.2, 0.25) is 10.0 Å². The third kappa shape index (κ3) is 3.34. The quantitative estimate of drug-likeness (QED) is 0.887. The van der Waals surface area contributed by atoms with Gasteiger partial charge in [0.05, 0.1) is 24.0 Å². The van der Waals surface area contributed by atoms with Crippen molar-refractivity contribution < 1.29 is 17.9 Å². The van der Waals surface area contributed by atoms with Crippen LogP contribution in [0.25, 0.3) is 0 Å². The molecule has 2 rings (SSSR count). The molecule has 0 radical (unpaired) electrons. The van der Waals surface area contributed by atoms with Gasteiger partial charge >= 0.3 is 0 Å². The fraction of sp³-hybridized carbons (Fsp3) is 0.333. The van der Waals surface area contributed by atoms with Crippen molar-refractivity contribution in [2.24, 2.45) is 0 Å². The highest BCUT2D eigenvalue weighted by Gasteiger charge is 2.22. The summed E-state index contributed by atoms with van der Waals surface area (Å²) < 4.78 is 31.3. The van der Waals surface area contributed by atoms with Crippen molar-refractivity contribution >= 4 is 10.0 Å². The summed E-state index contributed by atoms with van der Waals surface area (Å²) in [6.07, 6.45) is 3.78. The van der Waals surface area contributed by atoms with Gasteiger partial charge < -0.3 is 9.52 Å². The SMILES string of the molecule is CCc1ccc(S(=O)(=O)N(C)Cc2ccoc2)cc1CO. The fourth-order valence-corrected chi connectivity index (χ4v) is 3.37. The first kappa shape index (κ1) is 15.8. The molecule has 2 aromatic rings. The zero-order valence-corrected chi connectivity index (χ0v) is 12.9. The van der Waals surface area contributed by atoms with Crippen molar-refractivity contribution in [1.82, 2.24) is 4.31 Å². The molecule has 0 atom stereocenters. The Hall–Kier alpha value is -1.63. The van der Waals surface area contributed by atoms with Crippen molar-refractivity contribution in [2.45, 2.75) is 31.4 Å². The number of hydrogen-bond donors (Lipinski definition) is 1. The van der Waals surface area contributed by atoms with Gasteiger partial charge in [0.15, 0.2) is 0 Å². The topological polar surface area (TPSA) is 70.8 Å². The molecule has 6 heteroatoms. The molecule has 0 aliphatic heterocycles. The zero-order valence-electron chi connectivity index (χ0n) is 12.1. The molecule has 1 aromatic heterocycles. The maximum atomic E-state index is 12.5. The molecule has 0 fully saturated rings. The molecule has 5 nitrogen and oxygen atoms in total. The van der Waals surface area contributed by atoms with Crippen LogP contribution in [-0.4, -0.2) is 24.9 Å². The minimum absolute atomic E-state index is 0.169. The molecule has 0 saturated carbocycles. The van der Waals surface area contributed by atoms with E-state index in [0.717, 1.165) is 17.5 Å². The average molecular weight is 309 g/mol. The fourth-order valence-electron chi connectivity index (χ4n) is 2.16. The molecular weight excluding hydrogens is 290 g/mol. The summed E-state index contributed by atoms with van der Waals surface area (Å²) in [5.41, 5.74) is 2.39. The predicted octanol–water partition coefficient (Wildman–Crippen LogP) is 2.16. The Balaban J connectivity index is 2.30. The highest BCUT2D eigenvalue weighted by molar-refractivity contribution is 7.89. The smallest absolute Gasteiger partial charge is 0.243 e. The normalized spacial score (nSPS) is 12.0. The van der Waals surface area contributed by atoms with Crippen LogP contribution in [-0.2, 0) is 29.6 Å². The Bertz CT molecular complexity index is 692. The van der Waals surface area contributed by atoms with Crippen molar-refractivity contribution in [2.75, 3.05) is 7.05 Å². The van der Waals surface area contributed by atoms with Crippen molar-refractivity contribution in [3.63, 3.8) is 0 Å². The Morgan fingerprint density at radius 2 is 2.00 bits per heavy atom. The van der Waals surface area contributed by atoms with Crippen LogP contribution in [0.3, 0.4) is 0 Å². The molecule has 0 spiro atoms. The van der Waals surface area contributed by atoms with E-state index in [4.69, 9.17) is 4.42 Å². The third-order valence-electron chi connectivity index (χ3n) is 3.42. The van der Waals surface area contributed by atoms with Crippen LogP contribution in [0.4, 0.5) is 0 Å². The van der Waals surface area contributed by atoms with E-state index in [-0.39, 0.29) is 18.0 Å². The number of aryl methyl sites for hydroxylation is 1. The average Bonchev–Trinajstić information content (AvgIpc) is 2.99. The van der Waals surface area contributed by atoms with E-state index >= 15 is 0 Å². The minimum atomic E-state index is -3.59. The lowest BCUT2D eigenvalue weighted by Crippen LogP contribution is -2.26. The standard InChI is InChI=1S/C15H19NO4S/c1-3-13-4-5-15(8-14(13)10-17)21(18,19)16(2)9-12-6-7-20-11-12/h4-8,11,17H,3,9-10H2,1-2H3. The first-order valence-electron chi connectivity index (χ1n) is 6.69. The summed E-state index contributed by atoms with van der Waals surface area (Å²) >= 11 is 0. The molecule has 1 aromatic carbocycles. The summed E-state index contributed by atoms with van der Waals surface area (Å²) in [6, 6.07) is 6.61. The molecule has 0 unspecified atom stereocenters. The second kappa shape index (κ2) is 6.43.